The number of benzene rings is 1. The van der Waals surface area contributed by atoms with Gasteiger partial charge in [-0.3, -0.25) is 0 Å². The van der Waals surface area contributed by atoms with E-state index in [1.807, 2.05) is 30.3 Å². The molecule has 1 heterocycles. The Labute approximate surface area is 93.0 Å². The van der Waals surface area contributed by atoms with Crippen LogP contribution in [0.2, 0.25) is 0 Å². The van der Waals surface area contributed by atoms with Gasteiger partial charge < -0.3 is 9.47 Å². The number of para-hydroxylation sites is 1. The van der Waals surface area contributed by atoms with E-state index >= 15 is 0 Å². The molecule has 0 amide bonds. The van der Waals surface area contributed by atoms with E-state index in [1.165, 1.54) is 14.2 Å². The molecular weight excluding hydrogens is 204 g/mol. The van der Waals surface area contributed by atoms with E-state index in [-0.39, 0.29) is 5.88 Å². The maximum atomic E-state index is 9.07. The zero-order valence-electron chi connectivity index (χ0n) is 9.02. The summed E-state index contributed by atoms with van der Waals surface area (Å²) in [5.41, 5.74) is 1.07. The molecule has 0 aliphatic carbocycles. The van der Waals surface area contributed by atoms with Gasteiger partial charge in [-0.15, -0.1) is 0 Å². The molecule has 0 saturated carbocycles. The van der Waals surface area contributed by atoms with Gasteiger partial charge in [0.2, 0.25) is 5.88 Å². The summed E-state index contributed by atoms with van der Waals surface area (Å²) >= 11 is 0. The molecule has 4 nitrogen and oxygen atoms in total. The standard InChI is InChI=1S/C12H10N2O2/c1-15-11-8-5-3-4-6-10(8)14-12(16-2)9(11)7-13/h3-6H,1-2H3. The first-order chi connectivity index (χ1) is 7.81. The topological polar surface area (TPSA) is 55.1 Å². The van der Waals surface area contributed by atoms with Gasteiger partial charge >= 0.3 is 0 Å². The second-order valence-corrected chi connectivity index (χ2v) is 3.16. The fourth-order valence-corrected chi connectivity index (χ4v) is 1.62. The Morgan fingerprint density at radius 2 is 1.94 bits per heavy atom. The molecule has 0 fully saturated rings. The number of rotatable bonds is 2. The molecule has 0 radical (unpaired) electrons. The molecular formula is C12H10N2O2. The molecule has 0 bridgehead atoms. The van der Waals surface area contributed by atoms with Gasteiger partial charge in [-0.05, 0) is 12.1 Å². The second-order valence-electron chi connectivity index (χ2n) is 3.16. The molecule has 0 aliphatic heterocycles. The van der Waals surface area contributed by atoms with Crippen LogP contribution < -0.4 is 9.47 Å². The third kappa shape index (κ3) is 1.43. The van der Waals surface area contributed by atoms with Crippen molar-refractivity contribution in [2.24, 2.45) is 0 Å². The summed E-state index contributed by atoms with van der Waals surface area (Å²) in [4.78, 5) is 4.25. The lowest BCUT2D eigenvalue weighted by atomic mass is 10.1. The zero-order chi connectivity index (χ0) is 11.5. The van der Waals surface area contributed by atoms with Gasteiger partial charge in [0.25, 0.3) is 0 Å². The normalized spacial score (nSPS) is 9.81. The lowest BCUT2D eigenvalue weighted by Crippen LogP contribution is -1.97. The summed E-state index contributed by atoms with van der Waals surface area (Å²) in [7, 11) is 3.01. The number of nitriles is 1. The highest BCUT2D eigenvalue weighted by molar-refractivity contribution is 5.88. The fraction of sp³-hybridized carbons (Fsp3) is 0.167. The van der Waals surface area contributed by atoms with E-state index < -0.39 is 0 Å². The van der Waals surface area contributed by atoms with Crippen LogP contribution in [0.5, 0.6) is 11.6 Å². The van der Waals surface area contributed by atoms with Crippen molar-refractivity contribution in [3.05, 3.63) is 29.8 Å². The molecule has 80 valence electrons. The smallest absolute Gasteiger partial charge is 0.235 e. The zero-order valence-corrected chi connectivity index (χ0v) is 9.02. The summed E-state index contributed by atoms with van der Waals surface area (Å²) in [5, 5.41) is 9.88. The molecule has 16 heavy (non-hydrogen) atoms. The van der Waals surface area contributed by atoms with Crippen LogP contribution >= 0.6 is 0 Å². The van der Waals surface area contributed by atoms with Crippen LogP contribution in [0.25, 0.3) is 10.9 Å². The monoisotopic (exact) mass is 214 g/mol. The van der Waals surface area contributed by atoms with E-state index in [2.05, 4.69) is 4.98 Å². The Morgan fingerprint density at radius 3 is 2.56 bits per heavy atom. The van der Waals surface area contributed by atoms with Gasteiger partial charge in [0.1, 0.15) is 6.07 Å². The highest BCUT2D eigenvalue weighted by Crippen LogP contribution is 2.33. The van der Waals surface area contributed by atoms with Gasteiger partial charge in [0.15, 0.2) is 11.3 Å². The number of nitrogens with zero attached hydrogens (tertiary/aromatic N) is 2. The van der Waals surface area contributed by atoms with Crippen molar-refractivity contribution in [1.29, 1.82) is 5.26 Å². The van der Waals surface area contributed by atoms with Crippen molar-refractivity contribution < 1.29 is 9.47 Å². The predicted molar refractivity (Wildman–Crippen MR) is 59.6 cm³/mol. The van der Waals surface area contributed by atoms with Crippen molar-refractivity contribution in [1.82, 2.24) is 4.98 Å². The molecule has 0 saturated heterocycles. The average molecular weight is 214 g/mol. The Kier molecular flexibility index (Phi) is 2.61. The number of hydrogen-bond acceptors (Lipinski definition) is 4. The molecule has 0 aliphatic rings. The number of fused-ring (bicyclic) bond motifs is 1. The SMILES string of the molecule is COc1nc2ccccc2c(OC)c1C#N. The molecule has 2 aromatic rings. The van der Waals surface area contributed by atoms with Gasteiger partial charge in [0, 0.05) is 5.39 Å². The van der Waals surface area contributed by atoms with E-state index in [0.717, 1.165) is 10.9 Å². The minimum atomic E-state index is 0.290. The summed E-state index contributed by atoms with van der Waals surface area (Å²) in [6, 6.07) is 9.51. The lowest BCUT2D eigenvalue weighted by molar-refractivity contribution is 0.384. The summed E-state index contributed by atoms with van der Waals surface area (Å²) in [6.07, 6.45) is 0. The second kappa shape index (κ2) is 4.07. The minimum absolute atomic E-state index is 0.290. The van der Waals surface area contributed by atoms with Crippen molar-refractivity contribution in [3.63, 3.8) is 0 Å². The van der Waals surface area contributed by atoms with Crippen molar-refractivity contribution in [2.45, 2.75) is 0 Å². The quantitative estimate of drug-likeness (QED) is 0.768. The van der Waals surface area contributed by atoms with E-state index in [4.69, 9.17) is 14.7 Å². The third-order valence-corrected chi connectivity index (χ3v) is 2.32. The van der Waals surface area contributed by atoms with Crippen LogP contribution in [-0.4, -0.2) is 19.2 Å². The maximum Gasteiger partial charge on any atom is 0.235 e. The molecule has 1 aromatic heterocycles. The molecule has 4 heteroatoms. The Bertz CT molecular complexity index is 573. The van der Waals surface area contributed by atoms with Gasteiger partial charge in [-0.2, -0.15) is 5.26 Å². The first-order valence-corrected chi connectivity index (χ1v) is 4.72. The first-order valence-electron chi connectivity index (χ1n) is 4.72. The molecule has 0 atom stereocenters. The lowest BCUT2D eigenvalue weighted by Gasteiger charge is -2.09. The van der Waals surface area contributed by atoms with Gasteiger partial charge in [-0.25, -0.2) is 4.98 Å². The van der Waals surface area contributed by atoms with Crippen molar-refractivity contribution in [3.8, 4) is 17.7 Å². The summed E-state index contributed by atoms with van der Waals surface area (Å²) < 4.78 is 10.3. The number of methoxy groups -OCH3 is 2. The molecule has 0 unspecified atom stereocenters. The summed E-state index contributed by atoms with van der Waals surface area (Å²) in [6.45, 7) is 0. The van der Waals surface area contributed by atoms with Crippen LogP contribution in [0.4, 0.5) is 0 Å². The van der Waals surface area contributed by atoms with Crippen LogP contribution in [0, 0.1) is 11.3 Å². The average Bonchev–Trinajstić information content (AvgIpc) is 2.36. The van der Waals surface area contributed by atoms with Gasteiger partial charge in [-0.1, -0.05) is 12.1 Å². The van der Waals surface area contributed by atoms with Crippen LogP contribution in [0.3, 0.4) is 0 Å². The van der Waals surface area contributed by atoms with E-state index in [1.54, 1.807) is 0 Å². The van der Waals surface area contributed by atoms with Crippen LogP contribution in [0.15, 0.2) is 24.3 Å². The Hall–Kier alpha value is -2.28. The highest BCUT2D eigenvalue weighted by Gasteiger charge is 2.15. The molecule has 1 aromatic carbocycles. The molecule has 0 N–H and O–H groups in total. The first kappa shape index (κ1) is 10.2. The van der Waals surface area contributed by atoms with Crippen molar-refractivity contribution >= 4 is 10.9 Å². The Morgan fingerprint density at radius 1 is 1.19 bits per heavy atom. The maximum absolute atomic E-state index is 9.07. The van der Waals surface area contributed by atoms with E-state index in [9.17, 15) is 0 Å². The van der Waals surface area contributed by atoms with Crippen LogP contribution in [-0.2, 0) is 0 Å². The van der Waals surface area contributed by atoms with Crippen molar-refractivity contribution in [2.75, 3.05) is 14.2 Å². The largest absolute Gasteiger partial charge is 0.494 e. The molecule has 2 rings (SSSR count). The fourth-order valence-electron chi connectivity index (χ4n) is 1.62. The number of ether oxygens (including phenoxy) is 2. The predicted octanol–water partition coefficient (Wildman–Crippen LogP) is 2.12. The summed E-state index contributed by atoms with van der Waals surface area (Å²) in [5.74, 6) is 0.794. The van der Waals surface area contributed by atoms with E-state index in [0.29, 0.717) is 11.3 Å². The third-order valence-electron chi connectivity index (χ3n) is 2.32. The number of pyridine rings is 1. The van der Waals surface area contributed by atoms with Crippen LogP contribution in [0.1, 0.15) is 5.56 Å². The number of aromatic nitrogens is 1. The minimum Gasteiger partial charge on any atom is -0.494 e. The number of hydrogen-bond donors (Lipinski definition) is 0. The molecule has 0 spiro atoms. The van der Waals surface area contributed by atoms with Gasteiger partial charge in [0.05, 0.1) is 19.7 Å². The highest BCUT2D eigenvalue weighted by atomic mass is 16.5. The Balaban J connectivity index is 2.89.